The molecule has 1 saturated heterocycles. The van der Waals surface area contributed by atoms with Gasteiger partial charge in [-0.15, -0.1) is 0 Å². The molecule has 1 amide bonds. The number of hydrazone groups is 1. The molecule has 5 rings (SSSR count). The van der Waals surface area contributed by atoms with Crippen molar-refractivity contribution in [2.24, 2.45) is 5.10 Å². The molecule has 8 nitrogen and oxygen atoms in total. The number of methoxy groups -OCH3 is 1. The van der Waals surface area contributed by atoms with Crippen LogP contribution in [0.5, 0.6) is 5.75 Å². The summed E-state index contributed by atoms with van der Waals surface area (Å²) in [5.41, 5.74) is 11.9. The van der Waals surface area contributed by atoms with E-state index in [2.05, 4.69) is 69.4 Å². The first kappa shape index (κ1) is 22.3. The number of fused-ring (bicyclic) bond motifs is 3. The minimum absolute atomic E-state index is 0.00843. The molecule has 34 heavy (non-hydrogen) atoms. The van der Waals surface area contributed by atoms with Crippen molar-refractivity contribution in [3.63, 3.8) is 0 Å². The van der Waals surface area contributed by atoms with Gasteiger partial charge >= 0.3 is 0 Å². The summed E-state index contributed by atoms with van der Waals surface area (Å²) in [7, 11) is 1.64. The Hall–Kier alpha value is -3.52. The first-order valence-corrected chi connectivity index (χ1v) is 11.8. The largest absolute Gasteiger partial charge is 0.497 e. The second-order valence-corrected chi connectivity index (χ2v) is 9.19. The zero-order valence-corrected chi connectivity index (χ0v) is 19.9. The number of carbonyl (C=O) groups is 1. The van der Waals surface area contributed by atoms with Crippen molar-refractivity contribution >= 4 is 11.7 Å². The van der Waals surface area contributed by atoms with E-state index >= 15 is 0 Å². The highest BCUT2D eigenvalue weighted by Crippen LogP contribution is 2.35. The molecule has 178 valence electrons. The molecule has 1 fully saturated rings. The van der Waals surface area contributed by atoms with Crippen LogP contribution in [0.2, 0.25) is 0 Å². The van der Waals surface area contributed by atoms with Gasteiger partial charge in [-0.05, 0) is 49.1 Å². The molecule has 3 N–H and O–H groups in total. The fourth-order valence-corrected chi connectivity index (χ4v) is 4.95. The number of nitrogens with zero attached hydrogens (tertiary/aromatic N) is 3. The number of carbonyl (C=O) groups excluding carboxylic acids is 1. The van der Waals surface area contributed by atoms with Gasteiger partial charge in [-0.1, -0.05) is 35.9 Å². The molecular formula is C26H32N6O2. The average molecular weight is 461 g/mol. The number of hydrazine groups is 1. The highest BCUT2D eigenvalue weighted by atomic mass is 16.5. The molecular weight excluding hydrogens is 428 g/mol. The highest BCUT2D eigenvalue weighted by molar-refractivity contribution is 5.89. The van der Waals surface area contributed by atoms with Crippen LogP contribution in [-0.4, -0.2) is 41.0 Å². The van der Waals surface area contributed by atoms with Gasteiger partial charge in [-0.25, -0.2) is 5.43 Å². The monoisotopic (exact) mass is 460 g/mol. The van der Waals surface area contributed by atoms with Crippen molar-refractivity contribution in [2.45, 2.75) is 57.9 Å². The number of hydrogen-bond acceptors (Lipinski definition) is 7. The summed E-state index contributed by atoms with van der Waals surface area (Å²) in [6, 6.07) is 14.9. The van der Waals surface area contributed by atoms with E-state index in [4.69, 9.17) is 4.74 Å². The fraction of sp³-hybridized carbons (Fsp3) is 0.385. The Morgan fingerprint density at radius 2 is 2.09 bits per heavy atom. The smallest absolute Gasteiger partial charge is 0.220 e. The highest BCUT2D eigenvalue weighted by Gasteiger charge is 2.44. The van der Waals surface area contributed by atoms with Gasteiger partial charge in [-0.2, -0.15) is 5.10 Å². The van der Waals surface area contributed by atoms with Gasteiger partial charge < -0.3 is 20.0 Å². The van der Waals surface area contributed by atoms with Crippen LogP contribution in [-0.2, 0) is 11.3 Å². The fourth-order valence-electron chi connectivity index (χ4n) is 4.95. The Kier molecular flexibility index (Phi) is 6.15. The molecule has 0 saturated carbocycles. The topological polar surface area (TPSA) is 81.2 Å². The number of aryl methyl sites for hydroxylation is 2. The van der Waals surface area contributed by atoms with Gasteiger partial charge in [0.05, 0.1) is 19.2 Å². The predicted octanol–water partition coefficient (Wildman–Crippen LogP) is 3.06. The third-order valence-corrected chi connectivity index (χ3v) is 6.82. The first-order chi connectivity index (χ1) is 16.5. The van der Waals surface area contributed by atoms with Crippen LogP contribution in [0.3, 0.4) is 0 Å². The van der Waals surface area contributed by atoms with Gasteiger partial charge in [0.25, 0.3) is 0 Å². The number of hydrogen-bond donors (Lipinski definition) is 3. The quantitative estimate of drug-likeness (QED) is 0.589. The Morgan fingerprint density at radius 3 is 2.94 bits per heavy atom. The van der Waals surface area contributed by atoms with Gasteiger partial charge in [0, 0.05) is 31.8 Å². The molecule has 0 bridgehead atoms. The molecule has 0 spiro atoms. The average Bonchev–Trinajstić information content (AvgIpc) is 3.47. The van der Waals surface area contributed by atoms with E-state index < -0.39 is 0 Å². The van der Waals surface area contributed by atoms with Crippen LogP contribution in [0.15, 0.2) is 60.0 Å². The van der Waals surface area contributed by atoms with Gasteiger partial charge in [0.1, 0.15) is 17.8 Å². The molecule has 3 unspecified atom stereocenters. The molecule has 2 aromatic carbocycles. The van der Waals surface area contributed by atoms with E-state index in [1.165, 1.54) is 16.7 Å². The van der Waals surface area contributed by atoms with Crippen LogP contribution >= 0.6 is 0 Å². The van der Waals surface area contributed by atoms with Crippen LogP contribution < -0.4 is 20.9 Å². The van der Waals surface area contributed by atoms with E-state index in [0.717, 1.165) is 23.6 Å². The summed E-state index contributed by atoms with van der Waals surface area (Å²) >= 11 is 0. The Balaban J connectivity index is 1.15. The molecule has 3 heterocycles. The van der Waals surface area contributed by atoms with Crippen LogP contribution in [0, 0.1) is 13.8 Å². The molecule has 0 aromatic heterocycles. The normalized spacial score (nSPS) is 22.7. The van der Waals surface area contributed by atoms with E-state index in [-0.39, 0.29) is 24.2 Å². The number of amidine groups is 1. The number of rotatable bonds is 7. The number of amides is 1. The van der Waals surface area contributed by atoms with E-state index in [1.54, 1.807) is 7.11 Å². The predicted molar refractivity (Wildman–Crippen MR) is 131 cm³/mol. The van der Waals surface area contributed by atoms with Crippen molar-refractivity contribution in [1.29, 1.82) is 0 Å². The summed E-state index contributed by atoms with van der Waals surface area (Å²) in [5.74, 6) is 1.69. The van der Waals surface area contributed by atoms with Crippen LogP contribution in [0.25, 0.3) is 0 Å². The standard InChI is InChI=1S/C26H32N6O2/c1-17-7-8-18(2)21(13-17)22-15-23-26-29-28-24(31(26)11-12-32(23)30-22)9-10-25(33)27-16-19-5-4-6-20(14-19)34-3/h4-8,11-14,22-23,26,29-30H,9-10,15-16H2,1-3H3,(H,27,33). The summed E-state index contributed by atoms with van der Waals surface area (Å²) in [6.07, 6.45) is 6.14. The van der Waals surface area contributed by atoms with Crippen LogP contribution in [0.4, 0.5) is 0 Å². The number of benzene rings is 2. The maximum absolute atomic E-state index is 12.5. The zero-order chi connectivity index (χ0) is 23.7. The lowest BCUT2D eigenvalue weighted by atomic mass is 9.95. The molecule has 3 atom stereocenters. The second-order valence-electron chi connectivity index (χ2n) is 9.19. The number of ether oxygens (including phenoxy) is 1. The lowest BCUT2D eigenvalue weighted by molar-refractivity contribution is -0.121. The van der Waals surface area contributed by atoms with Gasteiger partial charge in [0.15, 0.2) is 0 Å². The third-order valence-electron chi connectivity index (χ3n) is 6.82. The third kappa shape index (κ3) is 4.46. The van der Waals surface area contributed by atoms with Crippen molar-refractivity contribution in [1.82, 2.24) is 26.1 Å². The summed E-state index contributed by atoms with van der Waals surface area (Å²) in [6.45, 7) is 4.79. The molecule has 8 heteroatoms. The van der Waals surface area contributed by atoms with Gasteiger partial charge in [-0.3, -0.25) is 10.2 Å². The van der Waals surface area contributed by atoms with E-state index in [1.807, 2.05) is 30.5 Å². The molecule has 0 aliphatic carbocycles. The van der Waals surface area contributed by atoms with Gasteiger partial charge in [0.2, 0.25) is 5.91 Å². The Labute approximate surface area is 200 Å². The Morgan fingerprint density at radius 1 is 1.21 bits per heavy atom. The molecule has 3 aliphatic rings. The zero-order valence-electron chi connectivity index (χ0n) is 19.9. The van der Waals surface area contributed by atoms with Crippen LogP contribution in [0.1, 0.15) is 47.6 Å². The lowest BCUT2D eigenvalue weighted by Crippen LogP contribution is -2.54. The van der Waals surface area contributed by atoms with E-state index in [9.17, 15) is 4.79 Å². The summed E-state index contributed by atoms with van der Waals surface area (Å²) in [4.78, 5) is 14.6. The van der Waals surface area contributed by atoms with Crippen molar-refractivity contribution in [3.8, 4) is 5.75 Å². The first-order valence-electron chi connectivity index (χ1n) is 11.8. The molecule has 0 radical (unpaired) electrons. The van der Waals surface area contributed by atoms with Crippen molar-refractivity contribution in [3.05, 3.63) is 77.1 Å². The second kappa shape index (κ2) is 9.38. The maximum Gasteiger partial charge on any atom is 0.220 e. The minimum atomic E-state index is 0.00843. The molecule has 3 aliphatic heterocycles. The van der Waals surface area contributed by atoms with Crippen molar-refractivity contribution in [2.75, 3.05) is 7.11 Å². The maximum atomic E-state index is 12.5. The minimum Gasteiger partial charge on any atom is -0.497 e. The van der Waals surface area contributed by atoms with E-state index in [0.29, 0.717) is 19.4 Å². The SMILES string of the molecule is COc1cccc(CNC(=O)CCC2=NNC3C4CC(c5cc(C)ccc5C)NN4C=CN23)c1. The lowest BCUT2D eigenvalue weighted by Gasteiger charge is -2.37. The molecule has 2 aromatic rings. The number of nitrogens with one attached hydrogen (secondary N) is 3. The summed E-state index contributed by atoms with van der Waals surface area (Å²) in [5, 5.41) is 9.76. The summed E-state index contributed by atoms with van der Waals surface area (Å²) < 4.78 is 5.24. The van der Waals surface area contributed by atoms with Crippen molar-refractivity contribution < 1.29 is 9.53 Å². The Bertz CT molecular complexity index is 1130.